The molecule has 0 aromatic rings. The van der Waals surface area contributed by atoms with Crippen LogP contribution >= 0.6 is 0 Å². The second-order valence-electron chi connectivity index (χ2n) is 7.46. The lowest BCUT2D eigenvalue weighted by atomic mass is 9.84. The van der Waals surface area contributed by atoms with Gasteiger partial charge in [-0.05, 0) is 25.7 Å². The van der Waals surface area contributed by atoms with Crippen molar-refractivity contribution in [3.8, 4) is 0 Å². The molecule has 1 nitrogen and oxygen atoms in total. The summed E-state index contributed by atoms with van der Waals surface area (Å²) in [4.78, 5) is 2.64. The molecule has 0 N–H and O–H groups in total. The molecule has 0 saturated heterocycles. The zero-order chi connectivity index (χ0) is 12.7. The molecule has 0 aliphatic carbocycles. The summed E-state index contributed by atoms with van der Waals surface area (Å²) in [5.41, 5.74) is 2.15. The molecule has 0 spiro atoms. The molecule has 16 heavy (non-hydrogen) atoms. The van der Waals surface area contributed by atoms with Crippen LogP contribution in [0.1, 0.15) is 61.8 Å². The Balaban J connectivity index is 3.01. The van der Waals surface area contributed by atoms with Gasteiger partial charge in [0.1, 0.15) is 0 Å². The first kappa shape index (κ1) is 13.6. The topological polar surface area (TPSA) is 3.24 Å². The van der Waals surface area contributed by atoms with Crippen LogP contribution in [0, 0.1) is 10.8 Å². The van der Waals surface area contributed by atoms with E-state index in [1.165, 1.54) is 12.1 Å². The average Bonchev–Trinajstić information content (AvgIpc) is 2.43. The third-order valence-electron chi connectivity index (χ3n) is 3.47. The molecular weight excluding hydrogens is 194 g/mol. The van der Waals surface area contributed by atoms with Gasteiger partial charge in [-0.2, -0.15) is 0 Å². The zero-order valence-corrected chi connectivity index (χ0v) is 12.4. The van der Waals surface area contributed by atoms with Crippen LogP contribution in [-0.2, 0) is 0 Å². The predicted molar refractivity (Wildman–Crippen MR) is 72.4 cm³/mol. The van der Waals surface area contributed by atoms with Gasteiger partial charge in [0.05, 0.1) is 0 Å². The van der Waals surface area contributed by atoms with E-state index >= 15 is 0 Å². The van der Waals surface area contributed by atoms with E-state index in [1.807, 2.05) is 0 Å². The van der Waals surface area contributed by atoms with Crippen LogP contribution in [0.2, 0.25) is 0 Å². The first-order chi connectivity index (χ1) is 7.05. The quantitative estimate of drug-likeness (QED) is 0.635. The van der Waals surface area contributed by atoms with Crippen LogP contribution < -0.4 is 0 Å². The fraction of sp³-hybridized carbons (Fsp3) is 0.867. The molecule has 0 bridgehead atoms. The van der Waals surface area contributed by atoms with E-state index in [9.17, 15) is 0 Å². The van der Waals surface area contributed by atoms with Crippen LogP contribution in [-0.4, -0.2) is 17.0 Å². The van der Waals surface area contributed by atoms with E-state index in [0.29, 0.717) is 17.5 Å². The molecule has 1 aliphatic heterocycles. The lowest BCUT2D eigenvalue weighted by molar-refractivity contribution is 0.104. The zero-order valence-electron chi connectivity index (χ0n) is 12.4. The second-order valence-corrected chi connectivity index (χ2v) is 7.46. The van der Waals surface area contributed by atoms with Gasteiger partial charge in [0.15, 0.2) is 0 Å². The normalized spacial score (nSPS) is 22.9. The van der Waals surface area contributed by atoms with Crippen molar-refractivity contribution in [1.82, 2.24) is 4.90 Å². The maximum Gasteiger partial charge on any atom is 0.0373 e. The van der Waals surface area contributed by atoms with Crippen LogP contribution in [0.15, 0.2) is 11.8 Å². The Bertz CT molecular complexity index is 273. The Labute approximate surface area is 102 Å². The van der Waals surface area contributed by atoms with E-state index in [4.69, 9.17) is 0 Å². The minimum atomic E-state index is 0.268. The van der Waals surface area contributed by atoms with Gasteiger partial charge in [-0.25, -0.2) is 0 Å². The number of hydrogen-bond acceptors (Lipinski definition) is 1. The number of nitrogens with zero attached hydrogens (tertiary/aromatic N) is 1. The van der Waals surface area contributed by atoms with Crippen molar-refractivity contribution in [3.05, 3.63) is 11.8 Å². The van der Waals surface area contributed by atoms with Crippen LogP contribution in [0.3, 0.4) is 0 Å². The maximum absolute atomic E-state index is 2.64. The Morgan fingerprint density at radius 3 is 1.94 bits per heavy atom. The smallest absolute Gasteiger partial charge is 0.0373 e. The second kappa shape index (κ2) is 4.09. The third-order valence-corrected chi connectivity index (χ3v) is 3.47. The van der Waals surface area contributed by atoms with Crippen molar-refractivity contribution < 1.29 is 0 Å². The highest BCUT2D eigenvalue weighted by Gasteiger charge is 2.39. The Morgan fingerprint density at radius 2 is 1.62 bits per heavy atom. The van der Waals surface area contributed by atoms with Gasteiger partial charge in [0.2, 0.25) is 0 Å². The van der Waals surface area contributed by atoms with Gasteiger partial charge in [-0.15, -0.1) is 0 Å². The summed E-state index contributed by atoms with van der Waals surface area (Å²) in [6.45, 7) is 18.6. The molecular formula is C15H29N. The summed E-state index contributed by atoms with van der Waals surface area (Å²) in [7, 11) is 0. The molecule has 1 rings (SSSR count). The minimum absolute atomic E-state index is 0.268. The van der Waals surface area contributed by atoms with Crippen molar-refractivity contribution in [2.24, 2.45) is 10.8 Å². The van der Waals surface area contributed by atoms with E-state index in [1.54, 1.807) is 0 Å². The van der Waals surface area contributed by atoms with Crippen molar-refractivity contribution in [3.63, 3.8) is 0 Å². The SMILES string of the molecule is CC(C)N1C(C(C)(C)C)=CCC1C(C)(C)C. The molecule has 94 valence electrons. The van der Waals surface area contributed by atoms with Gasteiger partial charge in [-0.1, -0.05) is 47.6 Å². The van der Waals surface area contributed by atoms with Gasteiger partial charge in [0.25, 0.3) is 0 Å². The van der Waals surface area contributed by atoms with Gasteiger partial charge in [0, 0.05) is 23.2 Å². The molecule has 1 unspecified atom stereocenters. The summed E-state index contributed by atoms with van der Waals surface area (Å²) in [6.07, 6.45) is 3.66. The summed E-state index contributed by atoms with van der Waals surface area (Å²) >= 11 is 0. The molecule has 1 aliphatic rings. The fourth-order valence-corrected chi connectivity index (χ4v) is 2.71. The molecule has 0 saturated carbocycles. The van der Waals surface area contributed by atoms with Crippen molar-refractivity contribution in [2.45, 2.75) is 73.9 Å². The maximum atomic E-state index is 2.64. The first-order valence-corrected chi connectivity index (χ1v) is 6.54. The minimum Gasteiger partial charge on any atom is -0.368 e. The molecule has 0 amide bonds. The summed E-state index contributed by atoms with van der Waals surface area (Å²) in [6, 6.07) is 1.25. The molecule has 0 radical (unpaired) electrons. The van der Waals surface area contributed by atoms with Gasteiger partial charge >= 0.3 is 0 Å². The van der Waals surface area contributed by atoms with Crippen LogP contribution in [0.4, 0.5) is 0 Å². The molecule has 1 heteroatoms. The predicted octanol–water partition coefficient (Wildman–Crippen LogP) is 4.45. The van der Waals surface area contributed by atoms with E-state index in [0.717, 1.165) is 0 Å². The van der Waals surface area contributed by atoms with E-state index in [2.05, 4.69) is 66.4 Å². The van der Waals surface area contributed by atoms with Crippen LogP contribution in [0.5, 0.6) is 0 Å². The van der Waals surface area contributed by atoms with Gasteiger partial charge in [-0.3, -0.25) is 0 Å². The molecule has 0 fully saturated rings. The van der Waals surface area contributed by atoms with Crippen LogP contribution in [0.25, 0.3) is 0 Å². The summed E-state index contributed by atoms with van der Waals surface area (Å²) in [5, 5.41) is 0. The highest BCUT2D eigenvalue weighted by molar-refractivity contribution is 5.19. The standard InChI is InChI=1S/C15H29N/c1-11(2)16-12(14(3,4)5)9-10-13(16)15(6,7)8/h9,11,13H,10H2,1-8H3. The fourth-order valence-electron chi connectivity index (χ4n) is 2.71. The lowest BCUT2D eigenvalue weighted by Crippen LogP contribution is -2.45. The average molecular weight is 223 g/mol. The van der Waals surface area contributed by atoms with Gasteiger partial charge < -0.3 is 4.90 Å². The summed E-state index contributed by atoms with van der Waals surface area (Å²) in [5.74, 6) is 0. The Kier molecular flexibility index (Phi) is 3.47. The Hall–Kier alpha value is -0.460. The van der Waals surface area contributed by atoms with Crippen molar-refractivity contribution >= 4 is 0 Å². The van der Waals surface area contributed by atoms with E-state index in [-0.39, 0.29) is 5.41 Å². The highest BCUT2D eigenvalue weighted by atomic mass is 15.2. The first-order valence-electron chi connectivity index (χ1n) is 6.54. The lowest BCUT2D eigenvalue weighted by Gasteiger charge is -2.44. The molecule has 0 aromatic carbocycles. The largest absolute Gasteiger partial charge is 0.368 e. The molecule has 1 atom stereocenters. The number of rotatable bonds is 1. The Morgan fingerprint density at radius 1 is 1.12 bits per heavy atom. The third kappa shape index (κ3) is 2.61. The molecule has 0 aromatic heterocycles. The molecule has 1 heterocycles. The summed E-state index contributed by atoms with van der Waals surface area (Å²) < 4.78 is 0. The number of hydrogen-bond donors (Lipinski definition) is 0. The monoisotopic (exact) mass is 223 g/mol. The van der Waals surface area contributed by atoms with E-state index < -0.39 is 0 Å². The van der Waals surface area contributed by atoms with Crippen molar-refractivity contribution in [1.29, 1.82) is 0 Å². The number of allylic oxidation sites excluding steroid dienone is 1. The highest BCUT2D eigenvalue weighted by Crippen LogP contribution is 2.42. The van der Waals surface area contributed by atoms with Crippen molar-refractivity contribution in [2.75, 3.05) is 0 Å².